The second-order valence-electron chi connectivity index (χ2n) is 4.33. The zero-order valence-electron chi connectivity index (χ0n) is 9.70. The summed E-state index contributed by atoms with van der Waals surface area (Å²) >= 11 is 11.7. The molecule has 18 heavy (non-hydrogen) atoms. The number of β-amino-alcohol motifs (C(OH)–C–C–N with tert-alkyl or cyclic N) is 1. The van der Waals surface area contributed by atoms with Crippen molar-refractivity contribution < 1.29 is 9.90 Å². The maximum Gasteiger partial charge on any atom is 0.321 e. The normalized spacial score (nSPS) is 19.7. The molecule has 2 rings (SSSR count). The molecule has 0 radical (unpaired) electrons. The Morgan fingerprint density at radius 3 is 2.61 bits per heavy atom. The minimum Gasteiger partial charge on any atom is -0.391 e. The molecule has 1 atom stereocenters. The second-order valence-corrected chi connectivity index (χ2v) is 5.20. The van der Waals surface area contributed by atoms with E-state index in [1.54, 1.807) is 23.1 Å². The minimum absolute atomic E-state index is 0.243. The van der Waals surface area contributed by atoms with E-state index in [4.69, 9.17) is 23.2 Å². The highest BCUT2D eigenvalue weighted by Gasteiger charge is 2.22. The number of carbonyl (C=O) groups excluding carboxylic acids is 1. The van der Waals surface area contributed by atoms with E-state index in [0.717, 1.165) is 12.8 Å². The Morgan fingerprint density at radius 1 is 1.33 bits per heavy atom. The number of piperidine rings is 1. The zero-order chi connectivity index (χ0) is 13.1. The van der Waals surface area contributed by atoms with Crippen LogP contribution in [-0.2, 0) is 0 Å². The van der Waals surface area contributed by atoms with Crippen molar-refractivity contribution in [3.05, 3.63) is 28.2 Å². The third-order valence-electron chi connectivity index (χ3n) is 2.80. The highest BCUT2D eigenvalue weighted by atomic mass is 35.5. The average Bonchev–Trinajstić information content (AvgIpc) is 2.27. The van der Waals surface area contributed by atoms with Gasteiger partial charge in [0.25, 0.3) is 0 Å². The number of nitrogens with one attached hydrogen (secondary N) is 1. The molecule has 0 spiro atoms. The van der Waals surface area contributed by atoms with E-state index >= 15 is 0 Å². The molecule has 0 aliphatic carbocycles. The predicted octanol–water partition coefficient (Wildman–Crippen LogP) is 2.98. The number of hydrogen-bond donors (Lipinski definition) is 2. The third kappa shape index (κ3) is 3.51. The Bertz CT molecular complexity index is 433. The first-order valence-corrected chi connectivity index (χ1v) is 6.50. The van der Waals surface area contributed by atoms with Gasteiger partial charge >= 0.3 is 6.03 Å². The molecule has 1 aromatic carbocycles. The number of aliphatic hydroxyl groups is 1. The number of urea groups is 1. The van der Waals surface area contributed by atoms with Crippen molar-refractivity contribution in [3.63, 3.8) is 0 Å². The van der Waals surface area contributed by atoms with Crippen LogP contribution in [0.25, 0.3) is 0 Å². The van der Waals surface area contributed by atoms with Crippen LogP contribution in [0.5, 0.6) is 0 Å². The van der Waals surface area contributed by atoms with Gasteiger partial charge in [0.2, 0.25) is 0 Å². The molecule has 1 saturated heterocycles. The topological polar surface area (TPSA) is 52.6 Å². The molecular formula is C12H14Cl2N2O2. The summed E-state index contributed by atoms with van der Waals surface area (Å²) in [5.41, 5.74) is 0.553. The van der Waals surface area contributed by atoms with Crippen LogP contribution in [0.2, 0.25) is 10.0 Å². The minimum atomic E-state index is -0.438. The maximum atomic E-state index is 12.0. The lowest BCUT2D eigenvalue weighted by molar-refractivity contribution is 0.0883. The van der Waals surface area contributed by atoms with Gasteiger partial charge in [-0.15, -0.1) is 0 Å². The number of amides is 2. The summed E-state index contributed by atoms with van der Waals surface area (Å²) in [5, 5.41) is 13.2. The molecule has 2 N–H and O–H groups in total. The lowest BCUT2D eigenvalue weighted by Gasteiger charge is -2.30. The average molecular weight is 289 g/mol. The van der Waals surface area contributed by atoms with Gasteiger partial charge in [0.1, 0.15) is 0 Å². The van der Waals surface area contributed by atoms with Crippen molar-refractivity contribution in [1.82, 2.24) is 4.90 Å². The molecule has 98 valence electrons. The lowest BCUT2D eigenvalue weighted by Crippen LogP contribution is -2.44. The summed E-state index contributed by atoms with van der Waals surface area (Å²) in [6, 6.07) is 4.62. The van der Waals surface area contributed by atoms with Crippen LogP contribution in [0.15, 0.2) is 18.2 Å². The first-order valence-electron chi connectivity index (χ1n) is 5.74. The quantitative estimate of drug-likeness (QED) is 0.835. The van der Waals surface area contributed by atoms with Gasteiger partial charge in [0.15, 0.2) is 0 Å². The van der Waals surface area contributed by atoms with Gasteiger partial charge in [-0.05, 0) is 31.0 Å². The number of aliphatic hydroxyl groups excluding tert-OH is 1. The van der Waals surface area contributed by atoms with E-state index < -0.39 is 6.10 Å². The number of hydrogen-bond acceptors (Lipinski definition) is 2. The molecule has 0 aromatic heterocycles. The SMILES string of the molecule is O=C(Nc1cc(Cl)cc(Cl)c1)N1CCC[C@H](O)C1. The summed E-state index contributed by atoms with van der Waals surface area (Å²) in [5.74, 6) is 0. The summed E-state index contributed by atoms with van der Waals surface area (Å²) in [6.07, 6.45) is 1.12. The zero-order valence-corrected chi connectivity index (χ0v) is 11.2. The number of halogens is 2. The van der Waals surface area contributed by atoms with E-state index in [1.165, 1.54) is 0 Å². The first kappa shape index (κ1) is 13.5. The number of likely N-dealkylation sites (tertiary alicyclic amines) is 1. The number of anilines is 1. The summed E-state index contributed by atoms with van der Waals surface area (Å²) in [6.45, 7) is 1.01. The van der Waals surface area contributed by atoms with Crippen molar-refractivity contribution in [2.24, 2.45) is 0 Å². The Balaban J connectivity index is 2.02. The highest BCUT2D eigenvalue weighted by Crippen LogP contribution is 2.23. The lowest BCUT2D eigenvalue weighted by atomic mass is 10.1. The van der Waals surface area contributed by atoms with Crippen molar-refractivity contribution >= 4 is 34.9 Å². The molecule has 0 bridgehead atoms. The van der Waals surface area contributed by atoms with Crippen molar-refractivity contribution in [1.29, 1.82) is 0 Å². The Morgan fingerprint density at radius 2 is 2.00 bits per heavy atom. The summed E-state index contributed by atoms with van der Waals surface area (Å²) < 4.78 is 0. The molecule has 2 amide bonds. The molecule has 1 fully saturated rings. The molecule has 4 nitrogen and oxygen atoms in total. The van der Waals surface area contributed by atoms with Crippen LogP contribution in [0.1, 0.15) is 12.8 Å². The van der Waals surface area contributed by atoms with Gasteiger partial charge in [-0.25, -0.2) is 4.79 Å². The van der Waals surface area contributed by atoms with Gasteiger partial charge in [0.05, 0.1) is 6.10 Å². The largest absolute Gasteiger partial charge is 0.391 e. The van der Waals surface area contributed by atoms with E-state index in [1.807, 2.05) is 0 Å². The Labute approximate surface area is 115 Å². The highest BCUT2D eigenvalue weighted by molar-refractivity contribution is 6.35. The van der Waals surface area contributed by atoms with E-state index in [-0.39, 0.29) is 6.03 Å². The second kappa shape index (κ2) is 5.78. The number of nitrogens with zero attached hydrogens (tertiary/aromatic N) is 1. The van der Waals surface area contributed by atoms with E-state index in [2.05, 4.69) is 5.32 Å². The third-order valence-corrected chi connectivity index (χ3v) is 3.23. The Kier molecular flexibility index (Phi) is 4.32. The summed E-state index contributed by atoms with van der Waals surface area (Å²) in [7, 11) is 0. The van der Waals surface area contributed by atoms with Crippen LogP contribution in [0, 0.1) is 0 Å². The number of rotatable bonds is 1. The molecule has 1 aliphatic heterocycles. The molecular weight excluding hydrogens is 275 g/mol. The van der Waals surface area contributed by atoms with Gasteiger partial charge in [-0.3, -0.25) is 0 Å². The van der Waals surface area contributed by atoms with Gasteiger partial charge in [0, 0.05) is 28.8 Å². The first-order chi connectivity index (χ1) is 8.54. The molecule has 1 aliphatic rings. The van der Waals surface area contributed by atoms with Crippen LogP contribution in [0.3, 0.4) is 0 Å². The fraction of sp³-hybridized carbons (Fsp3) is 0.417. The van der Waals surface area contributed by atoms with Crippen LogP contribution in [0.4, 0.5) is 10.5 Å². The van der Waals surface area contributed by atoms with Crippen molar-refractivity contribution in [3.8, 4) is 0 Å². The van der Waals surface area contributed by atoms with Gasteiger partial charge < -0.3 is 15.3 Å². The smallest absolute Gasteiger partial charge is 0.321 e. The maximum absolute atomic E-state index is 12.0. The fourth-order valence-corrected chi connectivity index (χ4v) is 2.49. The molecule has 0 unspecified atom stereocenters. The van der Waals surface area contributed by atoms with Crippen molar-refractivity contribution in [2.45, 2.75) is 18.9 Å². The van der Waals surface area contributed by atoms with E-state index in [0.29, 0.717) is 28.8 Å². The standard InChI is InChI=1S/C12H14Cl2N2O2/c13-8-4-9(14)6-10(5-8)15-12(18)16-3-1-2-11(17)7-16/h4-6,11,17H,1-3,7H2,(H,15,18)/t11-/m0/s1. The predicted molar refractivity (Wildman–Crippen MR) is 72.3 cm³/mol. The van der Waals surface area contributed by atoms with Crippen LogP contribution >= 0.6 is 23.2 Å². The molecule has 0 saturated carbocycles. The molecule has 1 heterocycles. The van der Waals surface area contributed by atoms with Crippen molar-refractivity contribution in [2.75, 3.05) is 18.4 Å². The van der Waals surface area contributed by atoms with Crippen LogP contribution in [-0.4, -0.2) is 35.2 Å². The van der Waals surface area contributed by atoms with E-state index in [9.17, 15) is 9.90 Å². The van der Waals surface area contributed by atoms with Gasteiger partial charge in [-0.1, -0.05) is 23.2 Å². The van der Waals surface area contributed by atoms with Gasteiger partial charge in [-0.2, -0.15) is 0 Å². The number of carbonyl (C=O) groups is 1. The molecule has 1 aromatic rings. The number of benzene rings is 1. The van der Waals surface area contributed by atoms with Crippen LogP contribution < -0.4 is 5.32 Å². The Hall–Kier alpha value is -0.970. The summed E-state index contributed by atoms with van der Waals surface area (Å²) in [4.78, 5) is 13.5. The molecule has 6 heteroatoms. The fourth-order valence-electron chi connectivity index (χ4n) is 1.97. The monoisotopic (exact) mass is 288 g/mol.